The van der Waals surface area contributed by atoms with Crippen LogP contribution in [0.15, 0.2) is 59.5 Å². The number of rotatable bonds is 3. The first-order chi connectivity index (χ1) is 7.77. The zero-order valence-electron chi connectivity index (χ0n) is 9.01. The van der Waals surface area contributed by atoms with E-state index < -0.39 is 11.0 Å². The summed E-state index contributed by atoms with van der Waals surface area (Å²) in [5, 5.41) is 0. The molecular weight excluding hydrogens is 218 g/mol. The Morgan fingerprint density at radius 3 is 2.25 bits per heavy atom. The first kappa shape index (κ1) is 10.9. The molecule has 0 spiro atoms. The van der Waals surface area contributed by atoms with Crippen molar-refractivity contribution in [2.45, 2.75) is 11.8 Å². The summed E-state index contributed by atoms with van der Waals surface area (Å²) in [5.74, 6) is 0. The molecule has 1 atom stereocenters. The Morgan fingerprint density at radius 2 is 1.56 bits per heavy atom. The number of hydrogen-bond acceptors (Lipinski definition) is 1. The Hall–Kier alpha value is -1.61. The highest BCUT2D eigenvalue weighted by molar-refractivity contribution is 7.86. The van der Waals surface area contributed by atoms with Gasteiger partial charge in [0.2, 0.25) is 0 Å². The van der Waals surface area contributed by atoms with E-state index in [0.29, 0.717) is 0 Å². The molecule has 0 saturated heterocycles. The van der Waals surface area contributed by atoms with Gasteiger partial charge < -0.3 is 4.72 Å². The summed E-state index contributed by atoms with van der Waals surface area (Å²) in [7, 11) is -1.19. The van der Waals surface area contributed by atoms with Gasteiger partial charge in [-0.05, 0) is 30.7 Å². The third-order valence-corrected chi connectivity index (χ3v) is 3.41. The van der Waals surface area contributed by atoms with Gasteiger partial charge >= 0.3 is 0 Å². The van der Waals surface area contributed by atoms with Crippen LogP contribution in [-0.4, -0.2) is 4.21 Å². The van der Waals surface area contributed by atoms with E-state index in [4.69, 9.17) is 0 Å². The van der Waals surface area contributed by atoms with Crippen LogP contribution in [0.25, 0.3) is 0 Å². The van der Waals surface area contributed by atoms with Gasteiger partial charge in [-0.3, -0.25) is 0 Å². The molecule has 0 aliphatic heterocycles. The second kappa shape index (κ2) is 4.94. The largest absolute Gasteiger partial charge is 0.301 e. The van der Waals surface area contributed by atoms with E-state index in [1.165, 1.54) is 0 Å². The summed E-state index contributed by atoms with van der Waals surface area (Å²) in [4.78, 5) is 0.783. The maximum Gasteiger partial charge on any atom is 0.150 e. The maximum absolute atomic E-state index is 12.0. The van der Waals surface area contributed by atoms with Crippen molar-refractivity contribution >= 4 is 16.7 Å². The molecule has 82 valence electrons. The Balaban J connectivity index is 2.18. The van der Waals surface area contributed by atoms with Crippen molar-refractivity contribution in [1.82, 2.24) is 0 Å². The highest BCUT2D eigenvalue weighted by Crippen LogP contribution is 2.16. The van der Waals surface area contributed by atoms with Crippen molar-refractivity contribution in [3.05, 3.63) is 60.2 Å². The van der Waals surface area contributed by atoms with E-state index in [2.05, 4.69) is 4.72 Å². The van der Waals surface area contributed by atoms with Gasteiger partial charge in [-0.1, -0.05) is 36.4 Å². The van der Waals surface area contributed by atoms with E-state index >= 15 is 0 Å². The molecule has 0 unspecified atom stereocenters. The Bertz CT molecular complexity index is 496. The summed E-state index contributed by atoms with van der Waals surface area (Å²) < 4.78 is 15.0. The number of para-hydroxylation sites is 1. The van der Waals surface area contributed by atoms with Crippen molar-refractivity contribution in [3.63, 3.8) is 0 Å². The molecule has 0 aromatic heterocycles. The van der Waals surface area contributed by atoms with Crippen LogP contribution in [0, 0.1) is 6.92 Å². The molecule has 16 heavy (non-hydrogen) atoms. The van der Waals surface area contributed by atoms with E-state index in [-0.39, 0.29) is 0 Å². The van der Waals surface area contributed by atoms with Crippen LogP contribution in [0.3, 0.4) is 0 Å². The van der Waals surface area contributed by atoms with E-state index in [1.54, 1.807) is 0 Å². The van der Waals surface area contributed by atoms with Crippen LogP contribution >= 0.6 is 0 Å². The van der Waals surface area contributed by atoms with Gasteiger partial charge in [0.15, 0.2) is 0 Å². The third-order valence-electron chi connectivity index (χ3n) is 2.31. The van der Waals surface area contributed by atoms with Gasteiger partial charge in [-0.25, -0.2) is 4.21 Å². The monoisotopic (exact) mass is 231 g/mol. The molecule has 0 aliphatic rings. The number of nitrogens with one attached hydrogen (secondary N) is 1. The van der Waals surface area contributed by atoms with Crippen LogP contribution < -0.4 is 4.72 Å². The fourth-order valence-corrected chi connectivity index (χ4v) is 2.34. The second-order valence-corrected chi connectivity index (χ2v) is 4.71. The third kappa shape index (κ3) is 2.49. The lowest BCUT2D eigenvalue weighted by Gasteiger charge is -2.08. The van der Waals surface area contributed by atoms with Crippen LogP contribution in [0.2, 0.25) is 0 Å². The summed E-state index contributed by atoms with van der Waals surface area (Å²) in [6.07, 6.45) is 0. The topological polar surface area (TPSA) is 29.1 Å². The predicted octanol–water partition coefficient (Wildman–Crippen LogP) is 3.13. The van der Waals surface area contributed by atoms with Crippen LogP contribution in [0.1, 0.15) is 5.56 Å². The number of anilines is 1. The molecule has 2 aromatic carbocycles. The second-order valence-electron chi connectivity index (χ2n) is 3.50. The fraction of sp³-hybridized carbons (Fsp3) is 0.0769. The molecule has 0 heterocycles. The Morgan fingerprint density at radius 1 is 0.938 bits per heavy atom. The molecular formula is C13H13NOS. The highest BCUT2D eigenvalue weighted by atomic mass is 32.2. The van der Waals surface area contributed by atoms with E-state index in [9.17, 15) is 4.21 Å². The lowest BCUT2D eigenvalue weighted by atomic mass is 10.2. The van der Waals surface area contributed by atoms with Crippen LogP contribution in [-0.2, 0) is 11.0 Å². The maximum atomic E-state index is 12.0. The minimum absolute atomic E-state index is 0.783. The zero-order valence-corrected chi connectivity index (χ0v) is 9.83. The summed E-state index contributed by atoms with van der Waals surface area (Å²) in [6, 6.07) is 17.2. The molecule has 3 heteroatoms. The number of hydrogen-bond donors (Lipinski definition) is 1. The lowest BCUT2D eigenvalue weighted by molar-refractivity contribution is 0.686. The average molecular weight is 231 g/mol. The van der Waals surface area contributed by atoms with Crippen LogP contribution in [0.5, 0.6) is 0 Å². The molecule has 0 bridgehead atoms. The van der Waals surface area contributed by atoms with Crippen molar-refractivity contribution in [1.29, 1.82) is 0 Å². The number of benzene rings is 2. The molecule has 2 nitrogen and oxygen atoms in total. The van der Waals surface area contributed by atoms with Gasteiger partial charge in [-0.15, -0.1) is 0 Å². The van der Waals surface area contributed by atoms with Gasteiger partial charge in [0.25, 0.3) is 0 Å². The molecule has 0 radical (unpaired) electrons. The molecule has 2 rings (SSSR count). The summed E-state index contributed by atoms with van der Waals surface area (Å²) in [5.41, 5.74) is 2.00. The minimum atomic E-state index is -1.19. The smallest absolute Gasteiger partial charge is 0.150 e. The molecule has 1 N–H and O–H groups in total. The van der Waals surface area contributed by atoms with E-state index in [1.807, 2.05) is 61.5 Å². The van der Waals surface area contributed by atoms with Gasteiger partial charge in [0, 0.05) is 5.69 Å². The van der Waals surface area contributed by atoms with Crippen molar-refractivity contribution in [3.8, 4) is 0 Å². The predicted molar refractivity (Wildman–Crippen MR) is 67.7 cm³/mol. The molecule has 0 amide bonds. The standard InChI is InChI=1S/C13H13NOS/c1-11-7-5-6-10-13(11)14-16(15)12-8-3-2-4-9-12/h2-10,14H,1H3/t16-/m0/s1. The zero-order chi connectivity index (χ0) is 11.4. The molecule has 0 aliphatic carbocycles. The van der Waals surface area contributed by atoms with Gasteiger partial charge in [0.05, 0.1) is 4.90 Å². The molecule has 0 saturated carbocycles. The highest BCUT2D eigenvalue weighted by Gasteiger charge is 2.04. The average Bonchev–Trinajstić information content (AvgIpc) is 2.33. The first-order valence-electron chi connectivity index (χ1n) is 5.06. The van der Waals surface area contributed by atoms with Crippen molar-refractivity contribution in [2.24, 2.45) is 0 Å². The molecule has 2 aromatic rings. The summed E-state index contributed by atoms with van der Waals surface area (Å²) in [6.45, 7) is 1.99. The van der Waals surface area contributed by atoms with Gasteiger partial charge in [-0.2, -0.15) is 0 Å². The summed E-state index contributed by atoms with van der Waals surface area (Å²) >= 11 is 0. The SMILES string of the molecule is Cc1ccccc1N[S@@](=O)c1ccccc1. The van der Waals surface area contributed by atoms with Crippen molar-refractivity contribution in [2.75, 3.05) is 4.72 Å². The first-order valence-corrected chi connectivity index (χ1v) is 6.21. The minimum Gasteiger partial charge on any atom is -0.301 e. The fourth-order valence-electron chi connectivity index (χ4n) is 1.39. The van der Waals surface area contributed by atoms with E-state index in [0.717, 1.165) is 16.1 Å². The normalized spacial score (nSPS) is 12.1. The van der Waals surface area contributed by atoms with Gasteiger partial charge in [0.1, 0.15) is 11.0 Å². The van der Waals surface area contributed by atoms with Crippen LogP contribution in [0.4, 0.5) is 5.69 Å². The van der Waals surface area contributed by atoms with Crippen molar-refractivity contribution < 1.29 is 4.21 Å². The molecule has 0 fully saturated rings. The lowest BCUT2D eigenvalue weighted by Crippen LogP contribution is -2.05. The Kier molecular flexibility index (Phi) is 3.37. The number of aryl methyl sites for hydroxylation is 1. The quantitative estimate of drug-likeness (QED) is 0.864. The Labute approximate surface area is 97.9 Å².